The van der Waals surface area contributed by atoms with Crippen LogP contribution in [0.1, 0.15) is 172 Å². The Hall–Kier alpha value is -4.74. The summed E-state index contributed by atoms with van der Waals surface area (Å²) in [5.41, 5.74) is 0. The van der Waals surface area contributed by atoms with Gasteiger partial charge in [0.05, 0.1) is 35.5 Å². The first-order valence-corrected chi connectivity index (χ1v) is 29.1. The summed E-state index contributed by atoms with van der Waals surface area (Å²) in [4.78, 5) is 75.3. The lowest BCUT2D eigenvalue weighted by Gasteiger charge is -2.27. The highest BCUT2D eigenvalue weighted by Gasteiger charge is 2.25. The van der Waals surface area contributed by atoms with Crippen molar-refractivity contribution in [2.24, 2.45) is 76.9 Å². The molecule has 0 saturated carbocycles. The maximum absolute atomic E-state index is 11.8. The van der Waals surface area contributed by atoms with Gasteiger partial charge in [0.25, 0.3) is 0 Å². The van der Waals surface area contributed by atoms with Gasteiger partial charge in [0, 0.05) is 58.9 Å². The molecule has 0 radical (unpaired) electrons. The van der Waals surface area contributed by atoms with Gasteiger partial charge in [-0.1, -0.05) is 154 Å². The van der Waals surface area contributed by atoms with Gasteiger partial charge < -0.3 is 30.7 Å². The van der Waals surface area contributed by atoms with Crippen LogP contribution in [0, 0.1) is 76.9 Å². The number of amides is 6. The topological polar surface area (TPSA) is 148 Å². The molecule has 12 nitrogen and oxygen atoms in total. The highest BCUT2D eigenvalue weighted by molar-refractivity contribution is 5.83. The summed E-state index contributed by atoms with van der Waals surface area (Å²) in [7, 11) is 3.69. The van der Waals surface area contributed by atoms with Gasteiger partial charge in [-0.05, 0) is 95.3 Å². The van der Waals surface area contributed by atoms with Crippen molar-refractivity contribution in [3.05, 3.63) is 75.9 Å². The Morgan fingerprint density at radius 3 is 1.03 bits per heavy atom. The molecule has 0 aromatic rings. The third kappa shape index (κ3) is 39.3. The average molecular weight is 1090 g/mol. The first-order valence-electron chi connectivity index (χ1n) is 29.1. The summed E-state index contributed by atoms with van der Waals surface area (Å²) < 4.78 is 0. The maximum Gasteiger partial charge on any atom is 0.229 e. The van der Waals surface area contributed by atoms with Crippen molar-refractivity contribution in [1.29, 1.82) is 0 Å². The molecule has 0 aliphatic carbocycles. The highest BCUT2D eigenvalue weighted by atomic mass is 16.2. The molecule has 0 saturated heterocycles. The van der Waals surface area contributed by atoms with Gasteiger partial charge in [-0.3, -0.25) is 28.8 Å². The summed E-state index contributed by atoms with van der Waals surface area (Å²) in [5, 5.41) is 8.71. The van der Waals surface area contributed by atoms with Crippen molar-refractivity contribution in [3.63, 3.8) is 0 Å². The summed E-state index contributed by atoms with van der Waals surface area (Å²) in [5.74, 6) is 3.06. The van der Waals surface area contributed by atoms with Crippen LogP contribution >= 0.6 is 0 Å². The fraction of sp³-hybridized carbons (Fsp3) is 0.723. The van der Waals surface area contributed by atoms with Crippen molar-refractivity contribution in [3.8, 4) is 0 Å². The van der Waals surface area contributed by atoms with E-state index in [0.29, 0.717) is 41.4 Å². The molecule has 0 aliphatic heterocycles. The normalized spacial score (nSPS) is 13.2. The monoisotopic (exact) mass is 1080 g/mol. The van der Waals surface area contributed by atoms with E-state index in [1.807, 2.05) is 144 Å². The predicted octanol–water partition coefficient (Wildman–Crippen LogP) is 13.5. The molecule has 77 heavy (non-hydrogen) atoms. The minimum absolute atomic E-state index is 0.0279. The fourth-order valence-electron chi connectivity index (χ4n) is 7.19. The Kier molecular flexibility index (Phi) is 53.8. The molecule has 0 spiro atoms. The van der Waals surface area contributed by atoms with E-state index in [1.54, 1.807) is 46.3 Å². The van der Waals surface area contributed by atoms with Crippen molar-refractivity contribution in [1.82, 2.24) is 30.7 Å². The maximum atomic E-state index is 11.8. The lowest BCUT2D eigenvalue weighted by atomic mass is 9.94. The number of rotatable bonds is 29. The van der Waals surface area contributed by atoms with Gasteiger partial charge >= 0.3 is 0 Å². The van der Waals surface area contributed by atoms with Crippen LogP contribution in [0.4, 0.5) is 0 Å². The van der Waals surface area contributed by atoms with Crippen molar-refractivity contribution < 1.29 is 28.8 Å². The predicted molar refractivity (Wildman–Crippen MR) is 334 cm³/mol. The molecule has 12 heteroatoms. The van der Waals surface area contributed by atoms with Crippen molar-refractivity contribution in [2.45, 2.75) is 184 Å². The third-order valence-electron chi connectivity index (χ3n) is 13.0. The van der Waals surface area contributed by atoms with Crippen LogP contribution in [0.15, 0.2) is 75.9 Å². The smallest absolute Gasteiger partial charge is 0.229 e. The Balaban J connectivity index is -0.000000196. The molecule has 0 aromatic heterocycles. The lowest BCUT2D eigenvalue weighted by molar-refractivity contribution is -0.135. The summed E-state index contributed by atoms with van der Waals surface area (Å²) in [6, 6.07) is 0.516. The second-order valence-electron chi connectivity index (χ2n) is 22.6. The van der Waals surface area contributed by atoms with E-state index in [4.69, 9.17) is 0 Å². The van der Waals surface area contributed by atoms with Gasteiger partial charge in [0.1, 0.15) is 0 Å². The summed E-state index contributed by atoms with van der Waals surface area (Å²) in [6.07, 6.45) is 13.4. The second-order valence-corrected chi connectivity index (χ2v) is 22.6. The molecule has 0 aliphatic rings. The van der Waals surface area contributed by atoms with E-state index < -0.39 is 0 Å². The largest absolute Gasteiger partial charge is 0.356 e. The van der Waals surface area contributed by atoms with E-state index in [2.05, 4.69) is 83.1 Å². The minimum atomic E-state index is -0.0611. The zero-order valence-corrected chi connectivity index (χ0v) is 54.3. The first kappa shape index (κ1) is 83.6. The second kappa shape index (κ2) is 49.5. The highest BCUT2D eigenvalue weighted by Crippen LogP contribution is 2.18. The molecule has 0 bridgehead atoms. The van der Waals surface area contributed by atoms with Gasteiger partial charge in [-0.25, -0.2) is 0 Å². The van der Waals surface area contributed by atoms with Gasteiger partial charge in [-0.2, -0.15) is 0 Å². The average Bonchev–Trinajstić information content (AvgIpc) is 3.34. The molecule has 0 fully saturated rings. The molecular formula is C65H124N6O6. The van der Waals surface area contributed by atoms with Crippen LogP contribution in [0.5, 0.6) is 0 Å². The number of hydrogen-bond donors (Lipinski definition) is 3. The molecule has 7 unspecified atom stereocenters. The Bertz CT molecular complexity index is 1620. The van der Waals surface area contributed by atoms with Crippen molar-refractivity contribution in [2.75, 3.05) is 46.8 Å². The van der Waals surface area contributed by atoms with Crippen LogP contribution < -0.4 is 16.0 Å². The quantitative estimate of drug-likeness (QED) is 0.0635. The Morgan fingerprint density at radius 1 is 0.429 bits per heavy atom. The van der Waals surface area contributed by atoms with E-state index in [1.165, 1.54) is 0 Å². The fourth-order valence-corrected chi connectivity index (χ4v) is 7.19. The number of carbonyl (C=O) groups is 6. The van der Waals surface area contributed by atoms with Gasteiger partial charge in [0.2, 0.25) is 35.4 Å². The van der Waals surface area contributed by atoms with Gasteiger partial charge in [-0.15, -0.1) is 39.5 Å². The number of nitrogens with one attached hydrogen (secondary N) is 3. The summed E-state index contributed by atoms with van der Waals surface area (Å²) in [6.45, 7) is 70.8. The van der Waals surface area contributed by atoms with E-state index in [9.17, 15) is 28.8 Å². The minimum Gasteiger partial charge on any atom is -0.356 e. The van der Waals surface area contributed by atoms with Gasteiger partial charge in [0.15, 0.2) is 0 Å². The van der Waals surface area contributed by atoms with E-state index in [-0.39, 0.29) is 83.0 Å². The summed E-state index contributed by atoms with van der Waals surface area (Å²) >= 11 is 0. The molecular weight excluding hydrogens is 961 g/mol. The number of carbonyl (C=O) groups excluding carboxylic acids is 6. The van der Waals surface area contributed by atoms with E-state index >= 15 is 0 Å². The number of hydrogen-bond acceptors (Lipinski definition) is 6. The standard InChI is InChI=1S/5C11H21NO.C10H19NO/c1-7-10(8(2)3)11(13)12(6)9(4)5;1-6-10(9(4)5)11(13)12-7-8(2)3;1-6-8-12(5)11(13)10(7-2)9(3)4;1-6-10(9(4)5)11(13)12(7-2)8-3;1-6-9(5)12-11(13)10(7-2)8(3)4;1-5-7-11-10(12)9(6-2)8(3)4/h7-10H,1H2,2-6H3;6,8-10H,1,7H2,2-5H3,(H,12,13);7,9-10H,2,6,8H2,1,3-5H3;6,9-10H,1,7-8H2,2-5H3;7-10H,2,6H2,1,3-5H3,(H,12,13);6,8-9H,2,5,7H2,1,3-4H3,(H,11,12). The van der Waals surface area contributed by atoms with Crippen LogP contribution in [-0.4, -0.2) is 109 Å². The Labute approximate surface area is 476 Å². The SMILES string of the molecule is C=CC(C(=O)N(C)C(C)C)C(C)C.C=CC(C(=O)N(C)CCC)C(C)C.C=CC(C(=O)N(CC)CC)C(C)C.C=CC(C(=O)NC(C)CC)C(C)C.C=CC(C(=O)NCC(C)C)C(C)C.C=CC(C(=O)NCCC)C(C)C. The molecule has 0 heterocycles. The van der Waals surface area contributed by atoms with E-state index in [0.717, 1.165) is 52.0 Å². The first-order chi connectivity index (χ1) is 35.7. The third-order valence-corrected chi connectivity index (χ3v) is 13.0. The molecule has 3 N–H and O–H groups in total. The zero-order chi connectivity index (χ0) is 61.9. The number of nitrogens with zero attached hydrogens (tertiary/aromatic N) is 3. The molecule has 0 rings (SSSR count). The lowest BCUT2D eigenvalue weighted by Crippen LogP contribution is -2.38. The molecule has 0 aromatic carbocycles. The van der Waals surface area contributed by atoms with Crippen molar-refractivity contribution >= 4 is 35.4 Å². The molecule has 7 atom stereocenters. The van der Waals surface area contributed by atoms with Crippen LogP contribution in [-0.2, 0) is 28.8 Å². The molecule has 450 valence electrons. The molecule has 6 amide bonds. The van der Waals surface area contributed by atoms with Crippen LogP contribution in [0.25, 0.3) is 0 Å². The van der Waals surface area contributed by atoms with Crippen LogP contribution in [0.3, 0.4) is 0 Å². The van der Waals surface area contributed by atoms with Crippen LogP contribution in [0.2, 0.25) is 0 Å². The Morgan fingerprint density at radius 2 is 0.753 bits per heavy atom. The zero-order valence-electron chi connectivity index (χ0n) is 54.3.